The van der Waals surface area contributed by atoms with Gasteiger partial charge in [-0.15, -0.1) is 0 Å². The fraction of sp³-hybridized carbons (Fsp3) is 0.400. The number of aliphatic carboxylic acids is 1. The van der Waals surface area contributed by atoms with Gasteiger partial charge in [0.2, 0.25) is 11.8 Å². The van der Waals surface area contributed by atoms with Crippen LogP contribution in [0, 0.1) is 17.5 Å². The first-order chi connectivity index (χ1) is 11.1. The van der Waals surface area contributed by atoms with E-state index in [0.29, 0.717) is 12.1 Å². The second-order valence-electron chi connectivity index (χ2n) is 5.12. The number of carbonyl (C=O) groups is 3. The summed E-state index contributed by atoms with van der Waals surface area (Å²) >= 11 is 0. The number of nitrogens with zero attached hydrogens (tertiary/aromatic N) is 1. The molecule has 24 heavy (non-hydrogen) atoms. The average Bonchev–Trinajstić information content (AvgIpc) is 2.48. The second-order valence-corrected chi connectivity index (χ2v) is 5.12. The van der Waals surface area contributed by atoms with Crippen LogP contribution in [-0.2, 0) is 20.8 Å². The smallest absolute Gasteiger partial charge is 0.326 e. The molecule has 1 rings (SSSR count). The molecule has 2 N–H and O–H groups in total. The molecule has 0 aliphatic heterocycles. The minimum atomic E-state index is -1.38. The van der Waals surface area contributed by atoms with Crippen LogP contribution in [0.15, 0.2) is 12.1 Å². The van der Waals surface area contributed by atoms with Gasteiger partial charge in [-0.25, -0.2) is 18.0 Å². The molecule has 1 aromatic carbocycles. The van der Waals surface area contributed by atoms with E-state index in [-0.39, 0.29) is 24.6 Å². The lowest BCUT2D eigenvalue weighted by Gasteiger charge is -2.26. The van der Waals surface area contributed by atoms with Crippen LogP contribution in [0.25, 0.3) is 0 Å². The lowest BCUT2D eigenvalue weighted by Crippen LogP contribution is -2.47. The zero-order chi connectivity index (χ0) is 18.4. The number of halogens is 3. The first kappa shape index (κ1) is 19.5. The van der Waals surface area contributed by atoms with Gasteiger partial charge >= 0.3 is 5.97 Å². The van der Waals surface area contributed by atoms with Crippen molar-refractivity contribution in [2.45, 2.75) is 26.3 Å². The number of benzene rings is 1. The van der Waals surface area contributed by atoms with Crippen LogP contribution in [0.3, 0.4) is 0 Å². The van der Waals surface area contributed by atoms with Gasteiger partial charge in [-0.05, 0) is 13.0 Å². The van der Waals surface area contributed by atoms with Crippen molar-refractivity contribution >= 4 is 17.8 Å². The van der Waals surface area contributed by atoms with Crippen LogP contribution < -0.4 is 5.32 Å². The summed E-state index contributed by atoms with van der Waals surface area (Å²) in [5.74, 6) is -6.25. The Morgan fingerprint density at radius 3 is 2.29 bits per heavy atom. The molecular formula is C15H17F3N2O4. The van der Waals surface area contributed by atoms with Crippen molar-refractivity contribution < 1.29 is 32.7 Å². The molecule has 0 aliphatic carbocycles. The number of carboxylic acids is 1. The molecule has 2 amide bonds. The van der Waals surface area contributed by atoms with Gasteiger partial charge in [-0.2, -0.15) is 0 Å². The van der Waals surface area contributed by atoms with E-state index in [4.69, 9.17) is 5.11 Å². The third-order valence-electron chi connectivity index (χ3n) is 3.30. The van der Waals surface area contributed by atoms with Crippen LogP contribution in [-0.4, -0.2) is 46.9 Å². The van der Waals surface area contributed by atoms with Crippen molar-refractivity contribution in [3.05, 3.63) is 35.1 Å². The van der Waals surface area contributed by atoms with E-state index >= 15 is 0 Å². The molecule has 0 bridgehead atoms. The van der Waals surface area contributed by atoms with E-state index < -0.39 is 41.8 Å². The van der Waals surface area contributed by atoms with Gasteiger partial charge in [0.05, 0.1) is 6.42 Å². The minimum Gasteiger partial charge on any atom is -0.480 e. The Balaban J connectivity index is 2.93. The maximum atomic E-state index is 13.6. The third kappa shape index (κ3) is 5.25. The van der Waals surface area contributed by atoms with Crippen LogP contribution in [0.5, 0.6) is 0 Å². The monoisotopic (exact) mass is 346 g/mol. The van der Waals surface area contributed by atoms with Crippen molar-refractivity contribution in [1.82, 2.24) is 10.2 Å². The molecule has 1 aromatic rings. The maximum Gasteiger partial charge on any atom is 0.326 e. The molecule has 132 valence electrons. The Kier molecular flexibility index (Phi) is 6.75. The average molecular weight is 346 g/mol. The molecule has 0 radical (unpaired) electrons. The highest BCUT2D eigenvalue weighted by atomic mass is 19.2. The third-order valence-corrected chi connectivity index (χ3v) is 3.30. The van der Waals surface area contributed by atoms with Gasteiger partial charge in [-0.3, -0.25) is 9.59 Å². The van der Waals surface area contributed by atoms with Crippen molar-refractivity contribution in [1.29, 1.82) is 0 Å². The van der Waals surface area contributed by atoms with Gasteiger partial charge in [-0.1, -0.05) is 0 Å². The molecule has 1 atom stereocenters. The first-order valence-corrected chi connectivity index (χ1v) is 7.03. The largest absolute Gasteiger partial charge is 0.480 e. The molecule has 0 spiro atoms. The van der Waals surface area contributed by atoms with Crippen molar-refractivity contribution in [3.63, 3.8) is 0 Å². The van der Waals surface area contributed by atoms with Crippen molar-refractivity contribution in [2.24, 2.45) is 0 Å². The summed E-state index contributed by atoms with van der Waals surface area (Å²) in [6.45, 7) is 2.37. The fourth-order valence-corrected chi connectivity index (χ4v) is 1.98. The Labute approximate surface area is 136 Å². The summed E-state index contributed by atoms with van der Waals surface area (Å²) in [7, 11) is 0. The lowest BCUT2D eigenvalue weighted by molar-refractivity contribution is -0.149. The molecule has 9 heteroatoms. The van der Waals surface area contributed by atoms with Crippen LogP contribution >= 0.6 is 0 Å². The fourth-order valence-electron chi connectivity index (χ4n) is 1.98. The molecule has 0 heterocycles. The standard InChI is InChI=1S/C15H17F3N2O4/c1-8(15(23)24)20(4-3-19-9(2)21)14(22)6-10-5-12(17)13(18)7-11(10)16/h5,7-8H,3-4,6H2,1-2H3,(H,19,21)(H,23,24). The van der Waals surface area contributed by atoms with Crippen molar-refractivity contribution in [3.8, 4) is 0 Å². The number of hydrogen-bond donors (Lipinski definition) is 2. The highest BCUT2D eigenvalue weighted by Crippen LogP contribution is 2.15. The quantitative estimate of drug-likeness (QED) is 0.724. The number of hydrogen-bond acceptors (Lipinski definition) is 3. The Morgan fingerprint density at radius 2 is 1.75 bits per heavy atom. The van der Waals surface area contributed by atoms with Gasteiger partial charge < -0.3 is 15.3 Å². The normalized spacial score (nSPS) is 11.7. The predicted octanol–water partition coefficient (Wildman–Crippen LogP) is 1.08. The zero-order valence-corrected chi connectivity index (χ0v) is 13.1. The van der Waals surface area contributed by atoms with E-state index in [0.717, 1.165) is 4.90 Å². The van der Waals surface area contributed by atoms with Gasteiger partial charge in [0, 0.05) is 31.6 Å². The highest BCUT2D eigenvalue weighted by Gasteiger charge is 2.26. The SMILES string of the molecule is CC(=O)NCCN(C(=O)Cc1cc(F)c(F)cc1F)C(C)C(=O)O. The Hall–Kier alpha value is -2.58. The molecular weight excluding hydrogens is 329 g/mol. The van der Waals surface area contributed by atoms with Crippen LogP contribution in [0.2, 0.25) is 0 Å². The molecule has 0 fully saturated rings. The number of rotatable bonds is 7. The summed E-state index contributed by atoms with van der Waals surface area (Å²) < 4.78 is 39.7. The van der Waals surface area contributed by atoms with E-state index in [1.165, 1.54) is 13.8 Å². The van der Waals surface area contributed by atoms with E-state index in [9.17, 15) is 27.6 Å². The summed E-state index contributed by atoms with van der Waals surface area (Å²) in [4.78, 5) is 35.1. The number of carboxylic acid groups (broad SMARTS) is 1. The number of carbonyl (C=O) groups excluding carboxylic acids is 2. The summed E-state index contributed by atoms with van der Waals surface area (Å²) in [6.07, 6.45) is -0.638. The summed E-state index contributed by atoms with van der Waals surface area (Å²) in [5, 5.41) is 11.5. The highest BCUT2D eigenvalue weighted by molar-refractivity contribution is 5.85. The molecule has 0 saturated carbocycles. The maximum absolute atomic E-state index is 13.6. The first-order valence-electron chi connectivity index (χ1n) is 7.03. The van der Waals surface area contributed by atoms with Gasteiger partial charge in [0.1, 0.15) is 11.9 Å². The molecule has 0 saturated heterocycles. The Bertz CT molecular complexity index is 652. The second kappa shape index (κ2) is 8.32. The van der Waals surface area contributed by atoms with E-state index in [1.54, 1.807) is 0 Å². The van der Waals surface area contributed by atoms with Crippen LogP contribution in [0.1, 0.15) is 19.4 Å². The van der Waals surface area contributed by atoms with E-state index in [2.05, 4.69) is 5.32 Å². The minimum absolute atomic E-state index is 0.00104. The zero-order valence-electron chi connectivity index (χ0n) is 13.1. The molecule has 0 aliphatic rings. The number of nitrogens with one attached hydrogen (secondary N) is 1. The molecule has 6 nitrogen and oxygen atoms in total. The van der Waals surface area contributed by atoms with Gasteiger partial charge in [0.15, 0.2) is 11.6 Å². The van der Waals surface area contributed by atoms with E-state index in [1.807, 2.05) is 0 Å². The lowest BCUT2D eigenvalue weighted by atomic mass is 10.1. The van der Waals surface area contributed by atoms with Gasteiger partial charge in [0.25, 0.3) is 0 Å². The molecule has 1 unspecified atom stereocenters. The molecule has 0 aromatic heterocycles. The summed E-state index contributed by atoms with van der Waals surface area (Å²) in [6, 6.07) is -0.361. The summed E-state index contributed by atoms with van der Waals surface area (Å²) in [5.41, 5.74) is -0.388. The predicted molar refractivity (Wildman–Crippen MR) is 77.5 cm³/mol. The Morgan fingerprint density at radius 1 is 1.17 bits per heavy atom. The number of amides is 2. The van der Waals surface area contributed by atoms with Crippen LogP contribution in [0.4, 0.5) is 13.2 Å². The topological polar surface area (TPSA) is 86.7 Å². The van der Waals surface area contributed by atoms with Crippen molar-refractivity contribution in [2.75, 3.05) is 13.1 Å².